The summed E-state index contributed by atoms with van der Waals surface area (Å²) in [5.74, 6) is 1.23. The zero-order chi connectivity index (χ0) is 19.6. The average molecular weight is 404 g/mol. The van der Waals surface area contributed by atoms with Gasteiger partial charge in [0.25, 0.3) is 0 Å². The van der Waals surface area contributed by atoms with E-state index in [4.69, 9.17) is 4.52 Å². The second kappa shape index (κ2) is 7.92. The van der Waals surface area contributed by atoms with Crippen LogP contribution in [-0.2, 0) is 15.8 Å². The second-order valence-electron chi connectivity index (χ2n) is 7.18. The number of aliphatic imine (C=N–C) groups is 1. The summed E-state index contributed by atoms with van der Waals surface area (Å²) in [5, 5.41) is 7.24. The number of benzene rings is 1. The molecule has 1 aliphatic heterocycles. The van der Waals surface area contributed by atoms with Crippen LogP contribution in [0, 0.1) is 0 Å². The maximum atomic E-state index is 12.6. The first-order chi connectivity index (χ1) is 13.6. The Morgan fingerprint density at radius 1 is 1.21 bits per heavy atom. The third kappa shape index (κ3) is 4.20. The largest absolute Gasteiger partial charge is 0.364 e. The highest BCUT2D eigenvalue weighted by molar-refractivity contribution is 7.88. The molecule has 2 aliphatic rings. The molecule has 1 saturated carbocycles. The van der Waals surface area contributed by atoms with Crippen LogP contribution in [-0.4, -0.2) is 68.0 Å². The lowest BCUT2D eigenvalue weighted by molar-refractivity contribution is 0.259. The number of sulfonamides is 1. The van der Waals surface area contributed by atoms with Crippen LogP contribution in [0.5, 0.6) is 0 Å². The van der Waals surface area contributed by atoms with E-state index in [2.05, 4.69) is 44.6 Å². The van der Waals surface area contributed by atoms with Crippen LogP contribution in [0.3, 0.4) is 0 Å². The third-order valence-electron chi connectivity index (χ3n) is 5.30. The van der Waals surface area contributed by atoms with Crippen molar-refractivity contribution in [2.75, 3.05) is 33.2 Å². The molecule has 2 fully saturated rings. The molecule has 2 heterocycles. The minimum absolute atomic E-state index is 0.128. The van der Waals surface area contributed by atoms with E-state index in [1.807, 2.05) is 6.07 Å². The molecule has 4 rings (SSSR count). The van der Waals surface area contributed by atoms with Gasteiger partial charge < -0.3 is 14.7 Å². The van der Waals surface area contributed by atoms with E-state index in [0.29, 0.717) is 43.8 Å². The van der Waals surface area contributed by atoms with Crippen molar-refractivity contribution in [2.45, 2.75) is 24.1 Å². The van der Waals surface area contributed by atoms with Crippen LogP contribution in [0.4, 0.5) is 0 Å². The number of hydrogen-bond donors (Lipinski definition) is 1. The van der Waals surface area contributed by atoms with Crippen molar-refractivity contribution in [3.8, 4) is 0 Å². The van der Waals surface area contributed by atoms with Crippen LogP contribution < -0.4 is 5.32 Å². The van der Waals surface area contributed by atoms with Crippen molar-refractivity contribution in [3.05, 3.63) is 53.9 Å². The quantitative estimate of drug-likeness (QED) is 0.597. The van der Waals surface area contributed by atoms with Crippen LogP contribution in [0.1, 0.15) is 23.6 Å². The first kappa shape index (κ1) is 18.9. The van der Waals surface area contributed by atoms with Gasteiger partial charge in [0.15, 0.2) is 5.96 Å². The van der Waals surface area contributed by atoms with Gasteiger partial charge in [-0.2, -0.15) is 4.31 Å². The molecular weight excluding hydrogens is 378 g/mol. The Balaban J connectivity index is 1.30. The number of piperazine rings is 1. The predicted octanol–water partition coefficient (Wildman–Crippen LogP) is 1.25. The van der Waals surface area contributed by atoms with Gasteiger partial charge in [-0.3, -0.25) is 4.99 Å². The molecule has 2 atom stereocenters. The SMILES string of the molecule is CN=C(NC1CC1c1ccccc1)N1CCN(S(=O)(=O)Cc2ccon2)CC1. The highest BCUT2D eigenvalue weighted by atomic mass is 32.2. The van der Waals surface area contributed by atoms with Crippen molar-refractivity contribution < 1.29 is 12.9 Å². The summed E-state index contributed by atoms with van der Waals surface area (Å²) in [5.41, 5.74) is 1.78. The molecule has 0 spiro atoms. The molecule has 150 valence electrons. The molecule has 2 unspecified atom stereocenters. The molecule has 0 amide bonds. The highest BCUT2D eigenvalue weighted by Crippen LogP contribution is 2.40. The Morgan fingerprint density at radius 3 is 2.61 bits per heavy atom. The van der Waals surface area contributed by atoms with Crippen molar-refractivity contribution in [1.29, 1.82) is 0 Å². The van der Waals surface area contributed by atoms with Crippen molar-refractivity contribution >= 4 is 16.0 Å². The van der Waals surface area contributed by atoms with E-state index >= 15 is 0 Å². The number of guanidine groups is 1. The molecular formula is C19H25N5O3S. The second-order valence-corrected chi connectivity index (χ2v) is 9.15. The molecule has 1 N–H and O–H groups in total. The standard InChI is InChI=1S/C19H25N5O3S/c1-20-19(21-18-13-17(18)15-5-3-2-4-6-15)23-8-10-24(11-9-23)28(25,26)14-16-7-12-27-22-16/h2-7,12,17-18H,8-11,13-14H2,1H3,(H,20,21). The minimum Gasteiger partial charge on any atom is -0.364 e. The molecule has 0 radical (unpaired) electrons. The van der Waals surface area contributed by atoms with Gasteiger partial charge in [0.2, 0.25) is 10.0 Å². The fraction of sp³-hybridized carbons (Fsp3) is 0.474. The van der Waals surface area contributed by atoms with E-state index < -0.39 is 10.0 Å². The van der Waals surface area contributed by atoms with Crippen molar-refractivity contribution in [2.24, 2.45) is 4.99 Å². The third-order valence-corrected chi connectivity index (χ3v) is 7.11. The van der Waals surface area contributed by atoms with Gasteiger partial charge in [-0.1, -0.05) is 35.5 Å². The Bertz CT molecular complexity index is 906. The zero-order valence-electron chi connectivity index (χ0n) is 15.9. The van der Waals surface area contributed by atoms with E-state index in [-0.39, 0.29) is 5.75 Å². The number of rotatable bonds is 5. The van der Waals surface area contributed by atoms with Gasteiger partial charge in [0, 0.05) is 51.3 Å². The molecule has 1 aromatic heterocycles. The van der Waals surface area contributed by atoms with Gasteiger partial charge >= 0.3 is 0 Å². The minimum atomic E-state index is -3.39. The Hall–Kier alpha value is -2.39. The summed E-state index contributed by atoms with van der Waals surface area (Å²) in [7, 11) is -1.62. The predicted molar refractivity (Wildman–Crippen MR) is 106 cm³/mol. The summed E-state index contributed by atoms with van der Waals surface area (Å²) < 4.78 is 31.4. The van der Waals surface area contributed by atoms with E-state index in [1.54, 1.807) is 13.1 Å². The first-order valence-electron chi connectivity index (χ1n) is 9.47. The summed E-state index contributed by atoms with van der Waals surface area (Å²) >= 11 is 0. The summed E-state index contributed by atoms with van der Waals surface area (Å²) in [4.78, 5) is 6.54. The lowest BCUT2D eigenvalue weighted by atomic mass is 10.1. The summed E-state index contributed by atoms with van der Waals surface area (Å²) in [6, 6.07) is 12.5. The fourth-order valence-electron chi connectivity index (χ4n) is 3.65. The van der Waals surface area contributed by atoms with Crippen LogP contribution in [0.2, 0.25) is 0 Å². The molecule has 1 aromatic carbocycles. The molecule has 1 saturated heterocycles. The Morgan fingerprint density at radius 2 is 1.96 bits per heavy atom. The van der Waals surface area contributed by atoms with Crippen molar-refractivity contribution in [1.82, 2.24) is 19.7 Å². The maximum absolute atomic E-state index is 12.6. The van der Waals surface area contributed by atoms with Crippen LogP contribution >= 0.6 is 0 Å². The molecule has 9 heteroatoms. The summed E-state index contributed by atoms with van der Waals surface area (Å²) in [6.45, 7) is 2.10. The molecule has 0 bridgehead atoms. The molecule has 8 nitrogen and oxygen atoms in total. The first-order valence-corrected chi connectivity index (χ1v) is 11.1. The maximum Gasteiger partial charge on any atom is 0.220 e. The van der Waals surface area contributed by atoms with E-state index in [1.165, 1.54) is 16.1 Å². The monoisotopic (exact) mass is 403 g/mol. The number of hydrogen-bond acceptors (Lipinski definition) is 5. The van der Waals surface area contributed by atoms with Gasteiger partial charge in [-0.15, -0.1) is 0 Å². The Labute approximate surface area is 165 Å². The van der Waals surface area contributed by atoms with Crippen LogP contribution in [0.15, 0.2) is 52.2 Å². The molecule has 2 aromatic rings. The average Bonchev–Trinajstić information content (AvgIpc) is 3.31. The van der Waals surface area contributed by atoms with Crippen LogP contribution in [0.25, 0.3) is 0 Å². The topological polar surface area (TPSA) is 91.0 Å². The van der Waals surface area contributed by atoms with Crippen molar-refractivity contribution in [3.63, 3.8) is 0 Å². The van der Waals surface area contributed by atoms with Gasteiger partial charge in [-0.05, 0) is 12.0 Å². The number of nitrogens with zero attached hydrogens (tertiary/aromatic N) is 4. The fourth-order valence-corrected chi connectivity index (χ4v) is 5.08. The number of aromatic nitrogens is 1. The van der Waals surface area contributed by atoms with Gasteiger partial charge in [-0.25, -0.2) is 8.42 Å². The molecule has 1 aliphatic carbocycles. The Kier molecular flexibility index (Phi) is 5.36. The lowest BCUT2D eigenvalue weighted by Gasteiger charge is -2.35. The molecule has 28 heavy (non-hydrogen) atoms. The number of nitrogens with one attached hydrogen (secondary N) is 1. The van der Waals surface area contributed by atoms with E-state index in [9.17, 15) is 8.42 Å². The lowest BCUT2D eigenvalue weighted by Crippen LogP contribution is -2.54. The van der Waals surface area contributed by atoms with E-state index in [0.717, 1.165) is 12.4 Å². The van der Waals surface area contributed by atoms with Gasteiger partial charge in [0.05, 0.1) is 5.69 Å². The zero-order valence-corrected chi connectivity index (χ0v) is 16.7. The smallest absolute Gasteiger partial charge is 0.220 e. The normalized spacial score (nSPS) is 23.6. The summed E-state index contributed by atoms with van der Waals surface area (Å²) in [6.07, 6.45) is 2.48. The highest BCUT2D eigenvalue weighted by Gasteiger charge is 2.40. The van der Waals surface area contributed by atoms with Gasteiger partial charge in [0.1, 0.15) is 12.0 Å².